The van der Waals surface area contributed by atoms with Crippen molar-refractivity contribution in [3.05, 3.63) is 95.9 Å². The molecule has 676 valence electrons. The van der Waals surface area contributed by atoms with Gasteiger partial charge < -0.3 is 119 Å². The summed E-state index contributed by atoms with van der Waals surface area (Å²) in [7, 11) is 3.14. The van der Waals surface area contributed by atoms with Crippen LogP contribution in [-0.2, 0) is 93.8 Å². The molecule has 122 heavy (non-hydrogen) atoms. The molecule has 5 aromatic rings. The maximum Gasteiger partial charge on any atom is 0.407 e. The molecule has 0 spiro atoms. The second kappa shape index (κ2) is 51.3. The van der Waals surface area contributed by atoms with Gasteiger partial charge in [0.25, 0.3) is 17.7 Å². The number of aliphatic hydroxyl groups excluding tert-OH is 3. The highest BCUT2D eigenvalue weighted by molar-refractivity contribution is 6.38. The first-order chi connectivity index (χ1) is 58.9. The number of piperidine rings is 1. The van der Waals surface area contributed by atoms with Crippen molar-refractivity contribution in [2.24, 2.45) is 29.4 Å². The zero-order valence-electron chi connectivity index (χ0n) is 71.6. The van der Waals surface area contributed by atoms with Crippen LogP contribution in [0.5, 0.6) is 0 Å². The topological polar surface area (TPSA) is 487 Å². The largest absolute Gasteiger partial charge is 0.443 e. The normalized spacial score (nSPS) is 26.3. The summed E-state index contributed by atoms with van der Waals surface area (Å²) in [6, 6.07) is 4.24. The van der Waals surface area contributed by atoms with E-state index in [9.17, 15) is 44.4 Å². The van der Waals surface area contributed by atoms with Gasteiger partial charge in [0.15, 0.2) is 17.0 Å². The Morgan fingerprint density at radius 1 is 0.713 bits per heavy atom. The predicted molar refractivity (Wildman–Crippen MR) is 449 cm³/mol. The number of nitrogens with zero attached hydrogens (tertiary/aromatic N) is 8. The lowest BCUT2D eigenvalue weighted by atomic mass is 9.80. The number of hydrogen-bond acceptors (Lipinski definition) is 32. The zero-order chi connectivity index (χ0) is 87.3. The molecular formula is C86H129N13O23. The number of oxazole rings is 1. The quantitative estimate of drug-likeness (QED) is 0.0129. The van der Waals surface area contributed by atoms with Crippen molar-refractivity contribution in [3.8, 4) is 11.3 Å². The van der Waals surface area contributed by atoms with Crippen LogP contribution < -0.4 is 27.8 Å². The highest BCUT2D eigenvalue weighted by Crippen LogP contribution is 2.37. The number of rotatable bonds is 38. The monoisotopic (exact) mass is 1710 g/mol. The Morgan fingerprint density at radius 3 is 2.04 bits per heavy atom. The van der Waals surface area contributed by atoms with Crippen LogP contribution in [0.2, 0.25) is 0 Å². The summed E-state index contributed by atoms with van der Waals surface area (Å²) in [5.41, 5.74) is 24.1. The SMILES string of the molecule is CO[C@H]1C[C@@H]2CCC[C@@](O)(O2)C(=O)C(=O)N2CCCC[C@H]2CO[C@H]([C@H](N)C[C@@H]2CC[C@@H](OC(=O)NCCOCCOCCOCCOCCOCCOCCOCCOCCC(=O)NCc3ncc(Cn4nc(-c5ccc6oc(N)nc6c5)c5c(N)ncnc54)cn3)[C@H](OC)C2)C[C@@H](O)[C@H](C)/C=C(\C)[C@@H](O)[C@@H](O)C(=O)[C@H](C)C[C@H](C)/C=C/C=CC=C1C. The number of alkyl carbamates (subject to hydrolysis) is 1. The number of hydrogen-bond donors (Lipinski definition) is 9. The van der Waals surface area contributed by atoms with Crippen LogP contribution in [-0.4, -0.2) is 296 Å². The number of carbonyl (C=O) groups is 5. The molecule has 1 saturated carbocycles. The molecule has 3 aliphatic heterocycles. The van der Waals surface area contributed by atoms with Gasteiger partial charge >= 0.3 is 6.09 Å². The van der Waals surface area contributed by atoms with Gasteiger partial charge in [-0.25, -0.2) is 29.4 Å². The van der Waals surface area contributed by atoms with Gasteiger partial charge in [-0.15, -0.1) is 0 Å². The van der Waals surface area contributed by atoms with Crippen LogP contribution in [0.1, 0.15) is 136 Å². The number of fused-ring (bicyclic) bond motifs is 5. The molecule has 2 saturated heterocycles. The summed E-state index contributed by atoms with van der Waals surface area (Å²) in [5.74, 6) is -5.47. The Labute approximate surface area is 713 Å². The fraction of sp³-hybridized carbons (Fsp3) is 0.663. The lowest BCUT2D eigenvalue weighted by molar-refractivity contribution is -0.245. The first-order valence-corrected chi connectivity index (χ1v) is 42.6. The first-order valence-electron chi connectivity index (χ1n) is 42.6. The highest BCUT2D eigenvalue weighted by Gasteiger charge is 2.49. The van der Waals surface area contributed by atoms with E-state index in [0.29, 0.717) is 202 Å². The summed E-state index contributed by atoms with van der Waals surface area (Å²) in [4.78, 5) is 90.8. The smallest absolute Gasteiger partial charge is 0.407 e. The molecule has 3 fully saturated rings. The minimum absolute atomic E-state index is 0.0124. The predicted octanol–water partition coefficient (Wildman–Crippen LogP) is 5.76. The Bertz CT molecular complexity index is 4170. The molecule has 4 aromatic heterocycles. The van der Waals surface area contributed by atoms with Gasteiger partial charge in [-0.3, -0.25) is 19.2 Å². The summed E-state index contributed by atoms with van der Waals surface area (Å²) in [5, 5.41) is 57.3. The number of benzene rings is 1. The molecule has 12 N–H and O–H groups in total. The van der Waals surface area contributed by atoms with E-state index in [0.717, 1.165) is 23.1 Å². The van der Waals surface area contributed by atoms with Crippen LogP contribution in [0.3, 0.4) is 0 Å². The number of aromatic nitrogens is 7. The average Bonchev–Trinajstić information content (AvgIpc) is 1.60. The third-order valence-corrected chi connectivity index (χ3v) is 22.4. The Balaban J connectivity index is 0.580. The van der Waals surface area contributed by atoms with Gasteiger partial charge in [0, 0.05) is 94.4 Å². The summed E-state index contributed by atoms with van der Waals surface area (Å²) >= 11 is 0. The van der Waals surface area contributed by atoms with E-state index in [4.69, 9.17) is 88.3 Å². The van der Waals surface area contributed by atoms with Gasteiger partial charge in [-0.1, -0.05) is 57.2 Å². The molecule has 36 nitrogen and oxygen atoms in total. The minimum Gasteiger partial charge on any atom is -0.443 e. The number of ketones is 2. The average molecular weight is 1710 g/mol. The van der Waals surface area contributed by atoms with Gasteiger partial charge in [0.1, 0.15) is 47.5 Å². The van der Waals surface area contributed by atoms with Gasteiger partial charge in [0.2, 0.25) is 11.7 Å². The van der Waals surface area contributed by atoms with Crippen molar-refractivity contribution in [2.45, 2.75) is 204 Å². The van der Waals surface area contributed by atoms with Crippen molar-refractivity contribution in [3.63, 3.8) is 0 Å². The number of amides is 3. The van der Waals surface area contributed by atoms with E-state index in [-0.39, 0.29) is 88.3 Å². The molecule has 15 atom stereocenters. The molecule has 36 heteroatoms. The molecule has 0 unspecified atom stereocenters. The standard InChI is InChI=1S/C86H129N13O23/c1-55-14-9-8-10-15-56(2)70(109-6)47-64-17-13-23-86(108,122-64)80(105)83(106)98-25-12-11-16-63(98)53-119-71(48-67(100)57(3)43-59(5)78(103)79(104)77(102)58(4)42-55)65(87)44-60-18-20-69(72(45-60)110-7)121-85(107)90-24-27-112-29-31-114-33-35-116-37-39-118-41-40-117-38-36-115-34-32-113-30-28-111-26-22-74(101)93-51-73-91-49-61(50-92-73)52-99-82-75(81(88)94-54-95-82)76(97-99)62-19-21-68-66(46-62)96-84(89)120-68/h8-10,14-15,19,21,43,46,49-50,54-55,57-58,60,63-65,67,69-72,78-79,100,103-104,108H,11-13,16-18,20,22-42,44-45,47-48,51-53,87H2,1-7H3,(H2,89,96)(H,90,107)(H,93,101)(H2,88,94,95)/b10-8?,14-9+,56-15?,59-43+/t55-,57-,58-,60+,63+,64+,65-,67-,69-,70+,71+,72-,78-,79+,86-/m1/s1. The number of Topliss-reactive ketones (excluding diaryl/α,β-unsaturated/α-hetero) is 2. The number of carbonyl (C=O) groups excluding carboxylic acids is 5. The molecule has 7 heterocycles. The Morgan fingerprint density at radius 2 is 1.38 bits per heavy atom. The Kier molecular flexibility index (Phi) is 41.0. The first kappa shape index (κ1) is 97.6. The van der Waals surface area contributed by atoms with E-state index in [1.807, 2.05) is 56.4 Å². The number of methoxy groups -OCH3 is 2. The summed E-state index contributed by atoms with van der Waals surface area (Å²) < 4.78 is 82.3. The van der Waals surface area contributed by atoms with Crippen LogP contribution in [0.4, 0.5) is 16.6 Å². The third kappa shape index (κ3) is 30.9. The van der Waals surface area contributed by atoms with Crippen LogP contribution >= 0.6 is 0 Å². The van der Waals surface area contributed by atoms with Crippen LogP contribution in [0, 0.1) is 23.7 Å². The molecular weight excluding hydrogens is 1580 g/mol. The number of anilines is 2. The zero-order valence-corrected chi connectivity index (χ0v) is 71.6. The lowest BCUT2D eigenvalue weighted by Crippen LogP contribution is -2.57. The van der Waals surface area contributed by atoms with E-state index in [1.54, 1.807) is 64.2 Å². The number of allylic oxidation sites excluding steroid dienone is 5. The maximum absolute atomic E-state index is 14.3. The molecule has 3 amide bonds. The minimum atomic E-state index is -2.34. The van der Waals surface area contributed by atoms with Crippen molar-refractivity contribution >= 4 is 63.4 Å². The number of nitrogens with two attached hydrogens (primary N) is 3. The number of nitrogens with one attached hydrogen (secondary N) is 2. The number of nitrogen functional groups attached to an aromatic ring is 2. The number of aliphatic hydroxyl groups is 4. The van der Waals surface area contributed by atoms with E-state index in [2.05, 4.69) is 35.6 Å². The fourth-order valence-electron chi connectivity index (χ4n) is 15.5. The van der Waals surface area contributed by atoms with Crippen molar-refractivity contribution in [2.75, 3.05) is 151 Å². The van der Waals surface area contributed by atoms with E-state index in [1.165, 1.54) is 11.2 Å². The van der Waals surface area contributed by atoms with Crippen LogP contribution in [0.15, 0.2) is 88.9 Å². The third-order valence-electron chi connectivity index (χ3n) is 22.4. The lowest BCUT2D eigenvalue weighted by Gasteiger charge is -2.41. The van der Waals surface area contributed by atoms with Gasteiger partial charge in [-0.05, 0) is 119 Å². The van der Waals surface area contributed by atoms with Crippen molar-refractivity contribution in [1.29, 1.82) is 0 Å². The maximum atomic E-state index is 14.3. The molecule has 9 rings (SSSR count). The molecule has 1 aliphatic carbocycles. The van der Waals surface area contributed by atoms with Crippen molar-refractivity contribution < 1.29 is 110 Å². The highest BCUT2D eigenvalue weighted by atomic mass is 16.6. The van der Waals surface area contributed by atoms with Gasteiger partial charge in [-0.2, -0.15) is 10.1 Å². The molecule has 1 aromatic carbocycles. The van der Waals surface area contributed by atoms with Gasteiger partial charge in [0.05, 0.1) is 167 Å². The second-order valence-corrected chi connectivity index (χ2v) is 31.7. The fourth-order valence-corrected chi connectivity index (χ4v) is 15.5. The Hall–Kier alpha value is -8.25. The van der Waals surface area contributed by atoms with Crippen LogP contribution in [0.25, 0.3) is 33.4 Å². The summed E-state index contributed by atoms with van der Waals surface area (Å²) in [6.45, 7) is 15.5. The van der Waals surface area contributed by atoms with Crippen molar-refractivity contribution in [1.82, 2.24) is 50.2 Å². The molecule has 2 bridgehead atoms. The molecule has 0 radical (unpaired) electrons. The van der Waals surface area contributed by atoms with E-state index >= 15 is 0 Å². The second-order valence-electron chi connectivity index (χ2n) is 31.7. The summed E-state index contributed by atoms with van der Waals surface area (Å²) in [6.07, 6.45) is 13.9. The number of ether oxygens (including phenoxy) is 13. The van der Waals surface area contributed by atoms with E-state index < -0.39 is 102 Å². The molecule has 4 aliphatic rings.